The van der Waals surface area contributed by atoms with Crippen molar-refractivity contribution < 1.29 is 14.6 Å². The van der Waals surface area contributed by atoms with E-state index in [1.807, 2.05) is 13.0 Å². The van der Waals surface area contributed by atoms with Gasteiger partial charge in [0.25, 0.3) is 0 Å². The highest BCUT2D eigenvalue weighted by molar-refractivity contribution is 5.84. The lowest BCUT2D eigenvalue weighted by Gasteiger charge is -2.18. The Kier molecular flexibility index (Phi) is 6.20. The van der Waals surface area contributed by atoms with E-state index in [2.05, 4.69) is 35.3 Å². The van der Waals surface area contributed by atoms with Crippen molar-refractivity contribution >= 4 is 16.9 Å². The molecule has 5 heteroatoms. The predicted molar refractivity (Wildman–Crippen MR) is 104 cm³/mol. The topological polar surface area (TPSA) is 65.6 Å². The Morgan fingerprint density at radius 2 is 2.31 bits per heavy atom. The zero-order valence-corrected chi connectivity index (χ0v) is 15.8. The molecular weight excluding hydrogens is 328 g/mol. The number of likely N-dealkylation sites (tertiary alicyclic amines) is 1. The van der Waals surface area contributed by atoms with Crippen molar-refractivity contribution in [2.45, 2.75) is 51.5 Å². The number of hydrogen-bond acceptors (Lipinski definition) is 3. The van der Waals surface area contributed by atoms with Gasteiger partial charge in [-0.25, -0.2) is 0 Å². The van der Waals surface area contributed by atoms with E-state index in [9.17, 15) is 4.79 Å². The fourth-order valence-electron chi connectivity index (χ4n) is 3.93. The molecule has 2 N–H and O–H groups in total. The second-order valence-corrected chi connectivity index (χ2v) is 7.44. The Bertz CT molecular complexity index is 740. The summed E-state index contributed by atoms with van der Waals surface area (Å²) >= 11 is 0. The largest absolute Gasteiger partial charge is 0.494 e. The van der Waals surface area contributed by atoms with Crippen LogP contribution in [0.25, 0.3) is 10.9 Å². The lowest BCUT2D eigenvalue weighted by atomic mass is 10.0. The Morgan fingerprint density at radius 1 is 1.46 bits per heavy atom. The molecule has 0 bridgehead atoms. The van der Waals surface area contributed by atoms with Crippen LogP contribution in [-0.4, -0.2) is 47.2 Å². The lowest BCUT2D eigenvalue weighted by Crippen LogP contribution is -2.26. The number of aromatic nitrogens is 1. The molecule has 1 saturated heterocycles. The van der Waals surface area contributed by atoms with E-state index in [0.29, 0.717) is 25.5 Å². The number of nitrogens with zero attached hydrogens (tertiary/aromatic N) is 1. The average Bonchev–Trinajstić information content (AvgIpc) is 3.21. The number of carboxylic acid groups (broad SMARTS) is 1. The highest BCUT2D eigenvalue weighted by Gasteiger charge is 2.22. The molecule has 2 aromatic rings. The van der Waals surface area contributed by atoms with Gasteiger partial charge < -0.3 is 19.7 Å². The Hall–Kier alpha value is -2.01. The number of likely N-dealkylation sites (N-methyl/N-ethyl adjacent to an activating group) is 1. The maximum absolute atomic E-state index is 11.1. The molecule has 0 aliphatic carbocycles. The molecular formula is C21H30N2O3. The number of H-pyrrole nitrogens is 1. The second-order valence-electron chi connectivity index (χ2n) is 7.44. The van der Waals surface area contributed by atoms with Crippen LogP contribution in [-0.2, 0) is 11.2 Å². The molecule has 1 fully saturated rings. The molecule has 1 unspecified atom stereocenters. The molecule has 2 heterocycles. The number of nitrogens with one attached hydrogen (secondary N) is 1. The van der Waals surface area contributed by atoms with Crippen LogP contribution in [0.15, 0.2) is 24.4 Å². The van der Waals surface area contributed by atoms with Gasteiger partial charge in [0.15, 0.2) is 0 Å². The Balaban J connectivity index is 1.59. The van der Waals surface area contributed by atoms with Gasteiger partial charge in [-0.1, -0.05) is 6.92 Å². The van der Waals surface area contributed by atoms with E-state index in [1.54, 1.807) is 0 Å². The van der Waals surface area contributed by atoms with Gasteiger partial charge in [-0.2, -0.15) is 0 Å². The minimum absolute atomic E-state index is 0.263. The van der Waals surface area contributed by atoms with Crippen LogP contribution >= 0.6 is 0 Å². The smallest absolute Gasteiger partial charge is 0.306 e. The van der Waals surface area contributed by atoms with Gasteiger partial charge in [-0.05, 0) is 75.9 Å². The fraction of sp³-hybridized carbons (Fsp3) is 0.571. The molecule has 0 radical (unpaired) electrons. The van der Waals surface area contributed by atoms with Gasteiger partial charge in [0.1, 0.15) is 5.75 Å². The maximum Gasteiger partial charge on any atom is 0.306 e. The summed E-state index contributed by atoms with van der Waals surface area (Å²) < 4.78 is 5.89. The SMILES string of the molecule is CC[C@H](CCCOc1ccc2[nH]cc(CC3CCCN3C)c2c1)C(=O)O. The van der Waals surface area contributed by atoms with Gasteiger partial charge in [0.2, 0.25) is 0 Å². The number of carbonyl (C=O) groups is 1. The second kappa shape index (κ2) is 8.58. The monoisotopic (exact) mass is 358 g/mol. The zero-order valence-electron chi connectivity index (χ0n) is 15.8. The van der Waals surface area contributed by atoms with Crippen LogP contribution < -0.4 is 4.74 Å². The van der Waals surface area contributed by atoms with E-state index in [0.717, 1.165) is 24.1 Å². The van der Waals surface area contributed by atoms with Gasteiger partial charge in [-0.15, -0.1) is 0 Å². The molecule has 142 valence electrons. The number of fused-ring (bicyclic) bond motifs is 1. The lowest BCUT2D eigenvalue weighted by molar-refractivity contribution is -0.142. The molecule has 0 saturated carbocycles. The van der Waals surface area contributed by atoms with Crippen molar-refractivity contribution in [3.05, 3.63) is 30.0 Å². The van der Waals surface area contributed by atoms with Crippen molar-refractivity contribution in [2.24, 2.45) is 5.92 Å². The standard InChI is InChI=1S/C21H30N2O3/c1-3-15(21(24)25)6-5-11-26-18-8-9-20-19(13-18)16(14-22-20)12-17-7-4-10-23(17)2/h8-9,13-15,17,22H,3-7,10-12H2,1-2H3,(H,24,25)/t15-,17?/m1/s1. The molecule has 1 aliphatic heterocycles. The first-order chi connectivity index (χ1) is 12.6. The van der Waals surface area contributed by atoms with Crippen molar-refractivity contribution in [3.8, 4) is 5.75 Å². The third kappa shape index (κ3) is 4.39. The van der Waals surface area contributed by atoms with E-state index in [-0.39, 0.29) is 5.92 Å². The summed E-state index contributed by atoms with van der Waals surface area (Å²) in [7, 11) is 2.21. The molecule has 2 atom stereocenters. The molecule has 3 rings (SSSR count). The normalized spacial score (nSPS) is 19.1. The van der Waals surface area contributed by atoms with Gasteiger partial charge in [0, 0.05) is 23.1 Å². The predicted octanol–water partition coefficient (Wildman–Crippen LogP) is 4.07. The van der Waals surface area contributed by atoms with Crippen molar-refractivity contribution in [1.82, 2.24) is 9.88 Å². The first kappa shape index (κ1) is 18.8. The quantitative estimate of drug-likeness (QED) is 0.663. The van der Waals surface area contributed by atoms with Gasteiger partial charge >= 0.3 is 5.97 Å². The van der Waals surface area contributed by atoms with E-state index in [4.69, 9.17) is 9.84 Å². The number of aromatic amines is 1. The highest BCUT2D eigenvalue weighted by atomic mass is 16.5. The molecule has 1 aromatic carbocycles. The number of benzene rings is 1. The fourth-order valence-corrected chi connectivity index (χ4v) is 3.93. The van der Waals surface area contributed by atoms with Crippen molar-refractivity contribution in [2.75, 3.05) is 20.2 Å². The molecule has 1 aliphatic rings. The minimum atomic E-state index is -0.706. The number of rotatable bonds is 9. The molecule has 0 spiro atoms. The maximum atomic E-state index is 11.1. The molecule has 5 nitrogen and oxygen atoms in total. The summed E-state index contributed by atoms with van der Waals surface area (Å²) in [6, 6.07) is 6.79. The molecule has 26 heavy (non-hydrogen) atoms. The van der Waals surface area contributed by atoms with E-state index >= 15 is 0 Å². The van der Waals surface area contributed by atoms with E-state index in [1.165, 1.54) is 30.3 Å². The number of aliphatic carboxylic acids is 1. The number of hydrogen-bond donors (Lipinski definition) is 2. The molecule has 0 amide bonds. The summed E-state index contributed by atoms with van der Waals surface area (Å²) in [5, 5.41) is 10.3. The van der Waals surface area contributed by atoms with Crippen LogP contribution in [0, 0.1) is 5.92 Å². The Labute approximate surface area is 155 Å². The van der Waals surface area contributed by atoms with Gasteiger partial charge in [0.05, 0.1) is 12.5 Å². The van der Waals surface area contributed by atoms with Crippen LogP contribution in [0.1, 0.15) is 44.6 Å². The Morgan fingerprint density at radius 3 is 3.00 bits per heavy atom. The number of carboxylic acids is 1. The summed E-state index contributed by atoms with van der Waals surface area (Å²) in [6.07, 6.45) is 7.83. The summed E-state index contributed by atoms with van der Waals surface area (Å²) in [5.41, 5.74) is 2.49. The first-order valence-corrected chi connectivity index (χ1v) is 9.74. The van der Waals surface area contributed by atoms with Crippen LogP contribution in [0.2, 0.25) is 0 Å². The summed E-state index contributed by atoms with van der Waals surface area (Å²) in [5.74, 6) is -0.106. The number of ether oxygens (including phenoxy) is 1. The van der Waals surface area contributed by atoms with Crippen LogP contribution in [0.4, 0.5) is 0 Å². The highest BCUT2D eigenvalue weighted by Crippen LogP contribution is 2.27. The summed E-state index contributed by atoms with van der Waals surface area (Å²) in [4.78, 5) is 16.9. The average molecular weight is 358 g/mol. The third-order valence-electron chi connectivity index (χ3n) is 5.67. The van der Waals surface area contributed by atoms with Crippen LogP contribution in [0.5, 0.6) is 5.75 Å². The van der Waals surface area contributed by atoms with Crippen molar-refractivity contribution in [3.63, 3.8) is 0 Å². The van der Waals surface area contributed by atoms with Gasteiger partial charge in [-0.3, -0.25) is 4.79 Å². The third-order valence-corrected chi connectivity index (χ3v) is 5.67. The zero-order chi connectivity index (χ0) is 18.5. The first-order valence-electron chi connectivity index (χ1n) is 9.74. The van der Waals surface area contributed by atoms with Crippen LogP contribution in [0.3, 0.4) is 0 Å². The summed E-state index contributed by atoms with van der Waals surface area (Å²) in [6.45, 7) is 3.67. The minimum Gasteiger partial charge on any atom is -0.494 e. The van der Waals surface area contributed by atoms with Crippen molar-refractivity contribution in [1.29, 1.82) is 0 Å². The van der Waals surface area contributed by atoms with E-state index < -0.39 is 5.97 Å². The molecule has 1 aromatic heterocycles.